The number of benzene rings is 9. The third-order valence-electron chi connectivity index (χ3n) is 11.2. The van der Waals surface area contributed by atoms with Gasteiger partial charge in [0.05, 0.1) is 11.0 Å². The van der Waals surface area contributed by atoms with Crippen LogP contribution in [0.3, 0.4) is 0 Å². The zero-order chi connectivity index (χ0) is 36.7. The molecule has 0 bridgehead atoms. The summed E-state index contributed by atoms with van der Waals surface area (Å²) < 4.78 is 8.73. The van der Waals surface area contributed by atoms with Crippen molar-refractivity contribution in [2.75, 3.05) is 0 Å². The fourth-order valence-electron chi connectivity index (χ4n) is 8.64. The van der Waals surface area contributed by atoms with E-state index in [0.29, 0.717) is 17.6 Å². The molecule has 3 heterocycles. The van der Waals surface area contributed by atoms with Gasteiger partial charge in [0.25, 0.3) is 0 Å². The summed E-state index contributed by atoms with van der Waals surface area (Å²) >= 11 is 0. The van der Waals surface area contributed by atoms with Crippen molar-refractivity contribution < 1.29 is 4.42 Å². The normalized spacial score (nSPS) is 11.9. The molecule has 0 aliphatic carbocycles. The van der Waals surface area contributed by atoms with Crippen LogP contribution in [0.15, 0.2) is 186 Å². The van der Waals surface area contributed by atoms with Crippen LogP contribution in [0.2, 0.25) is 0 Å². The van der Waals surface area contributed by atoms with Gasteiger partial charge in [-0.2, -0.15) is 9.97 Å². The number of furan rings is 1. The number of aromatic nitrogens is 4. The van der Waals surface area contributed by atoms with Gasteiger partial charge in [0.15, 0.2) is 11.6 Å². The molecule has 0 saturated carbocycles. The molecular weight excluding hydrogens is 685 g/mol. The van der Waals surface area contributed by atoms with Gasteiger partial charge in [-0.3, -0.25) is 4.57 Å². The summed E-state index contributed by atoms with van der Waals surface area (Å²) in [4.78, 5) is 16.3. The molecule has 0 atom stereocenters. The van der Waals surface area contributed by atoms with Crippen molar-refractivity contribution in [2.45, 2.75) is 0 Å². The SMILES string of the molecule is c1ccc(-c2cccc3ccc(-c4nc(-c5c6ccccc6cc6oc7ccccc7c56)nc(-n5c6ccccc6c6cc7ccccc7cc65)n4)cc23)cc1. The summed E-state index contributed by atoms with van der Waals surface area (Å²) in [5.74, 6) is 1.73. The van der Waals surface area contributed by atoms with Gasteiger partial charge < -0.3 is 4.42 Å². The van der Waals surface area contributed by atoms with Crippen LogP contribution >= 0.6 is 0 Å². The molecule has 0 amide bonds. The Bertz CT molecular complexity index is 3540. The minimum Gasteiger partial charge on any atom is -0.456 e. The van der Waals surface area contributed by atoms with Gasteiger partial charge in [-0.25, -0.2) is 4.98 Å². The van der Waals surface area contributed by atoms with Crippen LogP contribution in [0.4, 0.5) is 0 Å². The maximum Gasteiger partial charge on any atom is 0.238 e. The number of para-hydroxylation sites is 2. The van der Waals surface area contributed by atoms with E-state index < -0.39 is 0 Å². The second kappa shape index (κ2) is 11.9. The van der Waals surface area contributed by atoms with E-state index in [2.05, 4.69) is 174 Å². The predicted octanol–water partition coefficient (Wildman–Crippen LogP) is 13.3. The Morgan fingerprint density at radius 2 is 1.07 bits per heavy atom. The smallest absolute Gasteiger partial charge is 0.238 e. The highest BCUT2D eigenvalue weighted by Gasteiger charge is 2.23. The highest BCUT2D eigenvalue weighted by atomic mass is 16.3. The van der Waals surface area contributed by atoms with Crippen molar-refractivity contribution in [1.82, 2.24) is 19.5 Å². The van der Waals surface area contributed by atoms with Gasteiger partial charge >= 0.3 is 0 Å². The highest BCUT2D eigenvalue weighted by molar-refractivity contribution is 6.20. The molecular formula is C51H30N4O. The van der Waals surface area contributed by atoms with E-state index in [1.54, 1.807) is 0 Å². The first kappa shape index (κ1) is 30.8. The van der Waals surface area contributed by atoms with Crippen molar-refractivity contribution >= 4 is 76.1 Å². The largest absolute Gasteiger partial charge is 0.456 e. The molecule has 12 rings (SSSR count). The Kier molecular flexibility index (Phi) is 6.56. The monoisotopic (exact) mass is 714 g/mol. The van der Waals surface area contributed by atoms with Crippen molar-refractivity contribution in [2.24, 2.45) is 0 Å². The van der Waals surface area contributed by atoms with Gasteiger partial charge in [-0.15, -0.1) is 0 Å². The molecule has 12 aromatic rings. The second-order valence-electron chi connectivity index (χ2n) is 14.4. The first-order valence-electron chi connectivity index (χ1n) is 18.9. The highest BCUT2D eigenvalue weighted by Crippen LogP contribution is 2.42. The van der Waals surface area contributed by atoms with E-state index in [9.17, 15) is 0 Å². The summed E-state index contributed by atoms with van der Waals surface area (Å²) in [5, 5.41) is 11.0. The molecule has 0 fully saturated rings. The maximum atomic E-state index is 6.52. The second-order valence-corrected chi connectivity index (χ2v) is 14.4. The summed E-state index contributed by atoms with van der Waals surface area (Å²) in [6.45, 7) is 0. The maximum absolute atomic E-state index is 6.52. The summed E-state index contributed by atoms with van der Waals surface area (Å²) in [7, 11) is 0. The molecule has 260 valence electrons. The van der Waals surface area contributed by atoms with Crippen molar-refractivity contribution in [3.63, 3.8) is 0 Å². The molecule has 0 radical (unpaired) electrons. The molecule has 0 aliphatic rings. The van der Waals surface area contributed by atoms with E-state index in [0.717, 1.165) is 92.9 Å². The summed E-state index contributed by atoms with van der Waals surface area (Å²) in [6, 6.07) is 63.9. The molecule has 3 aromatic heterocycles. The molecule has 0 aliphatic heterocycles. The van der Waals surface area contributed by atoms with Gasteiger partial charge in [-0.1, -0.05) is 146 Å². The molecule has 0 saturated heterocycles. The van der Waals surface area contributed by atoms with E-state index in [1.807, 2.05) is 12.1 Å². The van der Waals surface area contributed by atoms with E-state index in [4.69, 9.17) is 19.4 Å². The lowest BCUT2D eigenvalue weighted by Crippen LogP contribution is -2.07. The molecule has 0 N–H and O–H groups in total. The lowest BCUT2D eigenvalue weighted by Gasteiger charge is -2.14. The third kappa shape index (κ3) is 4.64. The fourth-order valence-corrected chi connectivity index (χ4v) is 8.64. The average Bonchev–Trinajstić information content (AvgIpc) is 3.79. The van der Waals surface area contributed by atoms with Crippen LogP contribution in [0.1, 0.15) is 0 Å². The van der Waals surface area contributed by atoms with E-state index in [1.165, 1.54) is 5.39 Å². The van der Waals surface area contributed by atoms with Crippen molar-refractivity contribution in [3.8, 4) is 39.9 Å². The topological polar surface area (TPSA) is 56.7 Å². The van der Waals surface area contributed by atoms with Crippen LogP contribution in [0.5, 0.6) is 0 Å². The van der Waals surface area contributed by atoms with Crippen LogP contribution in [0.25, 0.3) is 116 Å². The average molecular weight is 715 g/mol. The number of rotatable bonds is 4. The fraction of sp³-hybridized carbons (Fsp3) is 0. The number of nitrogens with zero attached hydrogens (tertiary/aromatic N) is 4. The van der Waals surface area contributed by atoms with Crippen molar-refractivity contribution in [3.05, 3.63) is 182 Å². The van der Waals surface area contributed by atoms with Crippen LogP contribution in [-0.2, 0) is 0 Å². The Morgan fingerprint density at radius 1 is 0.375 bits per heavy atom. The van der Waals surface area contributed by atoms with E-state index in [-0.39, 0.29) is 0 Å². The van der Waals surface area contributed by atoms with Crippen molar-refractivity contribution in [1.29, 1.82) is 0 Å². The number of hydrogen-bond acceptors (Lipinski definition) is 4. The van der Waals surface area contributed by atoms with Gasteiger partial charge in [0, 0.05) is 32.7 Å². The van der Waals surface area contributed by atoms with Gasteiger partial charge in [0.2, 0.25) is 5.95 Å². The van der Waals surface area contributed by atoms with Gasteiger partial charge in [0.1, 0.15) is 11.2 Å². The molecule has 0 spiro atoms. The summed E-state index contributed by atoms with van der Waals surface area (Å²) in [5.41, 5.74) is 7.84. The lowest BCUT2D eigenvalue weighted by atomic mass is 9.96. The first-order chi connectivity index (χ1) is 27.7. The lowest BCUT2D eigenvalue weighted by molar-refractivity contribution is 0.669. The van der Waals surface area contributed by atoms with Crippen LogP contribution < -0.4 is 0 Å². The third-order valence-corrected chi connectivity index (χ3v) is 11.2. The Balaban J connectivity index is 1.21. The zero-order valence-corrected chi connectivity index (χ0v) is 30.0. The predicted molar refractivity (Wildman–Crippen MR) is 230 cm³/mol. The minimum atomic E-state index is 0.553. The molecule has 5 nitrogen and oxygen atoms in total. The van der Waals surface area contributed by atoms with E-state index >= 15 is 0 Å². The van der Waals surface area contributed by atoms with Crippen LogP contribution in [0, 0.1) is 0 Å². The first-order valence-corrected chi connectivity index (χ1v) is 18.9. The Labute approximate surface area is 320 Å². The molecule has 5 heteroatoms. The molecule has 0 unspecified atom stereocenters. The number of hydrogen-bond donors (Lipinski definition) is 0. The Morgan fingerprint density at radius 3 is 1.95 bits per heavy atom. The standard InChI is InChI=1S/C51H30N4O/c1-2-13-31(14-3-1)37-22-12-18-32-25-26-36(28-41(32)37)49-52-50(48-38-19-7-6-17-35(38)30-46-47(48)40-21-9-11-24-45(40)56-46)54-51(53-49)55-43-23-10-8-20-39(43)42-27-33-15-4-5-16-34(33)29-44(42)55/h1-30H. The Hall–Kier alpha value is -7.63. The summed E-state index contributed by atoms with van der Waals surface area (Å²) in [6.07, 6.45) is 0. The van der Waals surface area contributed by atoms with Gasteiger partial charge in [-0.05, 0) is 79.8 Å². The zero-order valence-electron chi connectivity index (χ0n) is 30.0. The number of fused-ring (bicyclic) bond motifs is 9. The molecule has 9 aromatic carbocycles. The minimum absolute atomic E-state index is 0.553. The van der Waals surface area contributed by atoms with Crippen LogP contribution in [-0.4, -0.2) is 19.5 Å². The molecule has 56 heavy (non-hydrogen) atoms. The quantitative estimate of drug-likeness (QED) is 0.182.